The van der Waals surface area contributed by atoms with Crippen LogP contribution in [0.15, 0.2) is 0 Å². The molecule has 18 heavy (non-hydrogen) atoms. The summed E-state index contributed by atoms with van der Waals surface area (Å²) in [6.07, 6.45) is -10.2. The molecule has 2 unspecified atom stereocenters. The molecule has 0 spiro atoms. The average molecular weight is 281 g/mol. The quantitative estimate of drug-likeness (QED) is 0.786. The van der Waals surface area contributed by atoms with Gasteiger partial charge >= 0.3 is 18.3 Å². The van der Waals surface area contributed by atoms with Crippen LogP contribution in [0.3, 0.4) is 0 Å². The molecule has 0 aromatic heterocycles. The van der Waals surface area contributed by atoms with Gasteiger partial charge in [0.25, 0.3) is 0 Å². The number of amides is 1. The topological polar surface area (TPSA) is 29.1 Å². The number of halogens is 6. The number of nitrogens with one attached hydrogen (secondary N) is 1. The van der Waals surface area contributed by atoms with E-state index in [1.807, 2.05) is 13.8 Å². The highest BCUT2D eigenvalue weighted by Gasteiger charge is 2.45. The molecule has 0 rings (SSSR count). The predicted octanol–water partition coefficient (Wildman–Crippen LogP) is 3.67. The SMILES string of the molecule is CC.CCC(C(C)NC(=O)C(F)(F)F)C(F)(F)F. The zero-order valence-electron chi connectivity index (χ0n) is 10.5. The Bertz CT molecular complexity index is 248. The van der Waals surface area contributed by atoms with Crippen molar-refractivity contribution in [3.8, 4) is 0 Å². The number of hydrogen-bond donors (Lipinski definition) is 1. The van der Waals surface area contributed by atoms with E-state index < -0.39 is 36.6 Å². The monoisotopic (exact) mass is 281 g/mol. The Morgan fingerprint density at radius 1 is 1.11 bits per heavy atom. The summed E-state index contributed by atoms with van der Waals surface area (Å²) < 4.78 is 72.2. The first-order valence-electron chi connectivity index (χ1n) is 5.44. The molecule has 0 aliphatic heterocycles. The summed E-state index contributed by atoms with van der Waals surface area (Å²) in [5.41, 5.74) is 0. The summed E-state index contributed by atoms with van der Waals surface area (Å²) in [6, 6.07) is -1.61. The highest BCUT2D eigenvalue weighted by Crippen LogP contribution is 2.31. The molecule has 8 heteroatoms. The van der Waals surface area contributed by atoms with E-state index in [0.717, 1.165) is 6.92 Å². The second-order valence-electron chi connectivity index (χ2n) is 3.32. The van der Waals surface area contributed by atoms with E-state index in [1.54, 1.807) is 0 Å². The molecule has 1 amide bonds. The molecule has 0 bridgehead atoms. The third-order valence-corrected chi connectivity index (χ3v) is 2.08. The average Bonchev–Trinajstić information content (AvgIpc) is 2.17. The number of rotatable bonds is 3. The molecule has 0 aromatic carbocycles. The second-order valence-corrected chi connectivity index (χ2v) is 3.32. The summed E-state index contributed by atoms with van der Waals surface area (Å²) in [5.74, 6) is -4.35. The fraction of sp³-hybridized carbons (Fsp3) is 0.900. The van der Waals surface area contributed by atoms with Crippen molar-refractivity contribution in [3.63, 3.8) is 0 Å². The van der Waals surface area contributed by atoms with E-state index in [0.29, 0.717) is 0 Å². The molecule has 0 aliphatic carbocycles. The van der Waals surface area contributed by atoms with E-state index in [-0.39, 0.29) is 0 Å². The van der Waals surface area contributed by atoms with Crippen molar-refractivity contribution in [1.82, 2.24) is 5.32 Å². The first kappa shape index (κ1) is 19.4. The van der Waals surface area contributed by atoms with Crippen molar-refractivity contribution < 1.29 is 31.1 Å². The van der Waals surface area contributed by atoms with Crippen LogP contribution in [0.2, 0.25) is 0 Å². The van der Waals surface area contributed by atoms with Gasteiger partial charge in [-0.1, -0.05) is 20.8 Å². The van der Waals surface area contributed by atoms with E-state index in [1.165, 1.54) is 12.2 Å². The molecule has 0 heterocycles. The molecule has 0 aliphatic rings. The standard InChI is InChI=1S/C8H11F6NO.C2H6/c1-3-5(7(9,10)11)4(2)15-6(16)8(12,13)14;1-2/h4-5H,3H2,1-2H3,(H,15,16);1-2H3. The van der Waals surface area contributed by atoms with Crippen LogP contribution in [0.4, 0.5) is 26.3 Å². The Labute approximate surface area is 102 Å². The Kier molecular flexibility index (Phi) is 8.05. The summed E-state index contributed by atoms with van der Waals surface area (Å²) in [7, 11) is 0. The molecule has 110 valence electrons. The third-order valence-electron chi connectivity index (χ3n) is 2.08. The van der Waals surface area contributed by atoms with Gasteiger partial charge in [0, 0.05) is 6.04 Å². The maximum absolute atomic E-state index is 12.3. The number of alkyl halides is 6. The molecule has 0 saturated carbocycles. The zero-order chi connectivity index (χ0) is 15.1. The summed E-state index contributed by atoms with van der Waals surface area (Å²) in [4.78, 5) is 10.4. The van der Waals surface area contributed by atoms with Gasteiger partial charge in [-0.15, -0.1) is 0 Å². The molecular formula is C10H17F6NO. The van der Waals surface area contributed by atoms with Crippen LogP contribution in [0.5, 0.6) is 0 Å². The first-order valence-corrected chi connectivity index (χ1v) is 5.44. The van der Waals surface area contributed by atoms with Gasteiger partial charge in [-0.25, -0.2) is 0 Å². The number of carbonyl (C=O) groups excluding carboxylic acids is 1. The maximum Gasteiger partial charge on any atom is 0.471 e. The minimum absolute atomic E-state index is 0.400. The van der Waals surface area contributed by atoms with Gasteiger partial charge in [0.1, 0.15) is 0 Å². The highest BCUT2D eigenvalue weighted by atomic mass is 19.4. The van der Waals surface area contributed by atoms with Crippen LogP contribution in [-0.4, -0.2) is 24.3 Å². The van der Waals surface area contributed by atoms with Gasteiger partial charge in [-0.2, -0.15) is 26.3 Å². The second kappa shape index (κ2) is 7.48. The van der Waals surface area contributed by atoms with Crippen LogP contribution in [0.25, 0.3) is 0 Å². The number of carbonyl (C=O) groups is 1. The summed E-state index contributed by atoms with van der Waals surface area (Å²) >= 11 is 0. The Morgan fingerprint density at radius 3 is 1.72 bits per heavy atom. The van der Waals surface area contributed by atoms with Crippen molar-refractivity contribution in [2.75, 3.05) is 0 Å². The van der Waals surface area contributed by atoms with Crippen molar-refractivity contribution >= 4 is 5.91 Å². The molecule has 2 atom stereocenters. The van der Waals surface area contributed by atoms with E-state index >= 15 is 0 Å². The minimum atomic E-state index is -5.17. The van der Waals surface area contributed by atoms with Crippen LogP contribution in [0.1, 0.15) is 34.1 Å². The Balaban J connectivity index is 0. The molecule has 0 fully saturated rings. The Morgan fingerprint density at radius 2 is 1.50 bits per heavy atom. The van der Waals surface area contributed by atoms with E-state index in [2.05, 4.69) is 0 Å². The van der Waals surface area contributed by atoms with Crippen molar-refractivity contribution in [1.29, 1.82) is 0 Å². The largest absolute Gasteiger partial charge is 0.471 e. The van der Waals surface area contributed by atoms with Crippen LogP contribution in [-0.2, 0) is 4.79 Å². The first-order chi connectivity index (χ1) is 8.00. The highest BCUT2D eigenvalue weighted by molar-refractivity contribution is 5.81. The van der Waals surface area contributed by atoms with Crippen molar-refractivity contribution in [2.24, 2.45) is 5.92 Å². The molecular weight excluding hydrogens is 264 g/mol. The lowest BCUT2D eigenvalue weighted by Gasteiger charge is -2.26. The fourth-order valence-electron chi connectivity index (χ4n) is 1.26. The normalized spacial score (nSPS) is 15.2. The predicted molar refractivity (Wildman–Crippen MR) is 54.8 cm³/mol. The van der Waals surface area contributed by atoms with E-state index in [4.69, 9.17) is 0 Å². The zero-order valence-corrected chi connectivity index (χ0v) is 10.5. The number of hydrogen-bond acceptors (Lipinski definition) is 1. The molecule has 0 radical (unpaired) electrons. The lowest BCUT2D eigenvalue weighted by atomic mass is 9.97. The molecule has 0 aromatic rings. The molecule has 0 saturated heterocycles. The van der Waals surface area contributed by atoms with Gasteiger partial charge < -0.3 is 5.32 Å². The summed E-state index contributed by atoms with van der Waals surface area (Å²) in [5, 5.41) is 1.29. The van der Waals surface area contributed by atoms with Crippen LogP contribution in [0, 0.1) is 5.92 Å². The van der Waals surface area contributed by atoms with Gasteiger partial charge in [-0.3, -0.25) is 4.79 Å². The third kappa shape index (κ3) is 6.70. The van der Waals surface area contributed by atoms with Gasteiger partial charge in [0.2, 0.25) is 0 Å². The fourth-order valence-corrected chi connectivity index (χ4v) is 1.26. The van der Waals surface area contributed by atoms with Crippen LogP contribution < -0.4 is 5.32 Å². The minimum Gasteiger partial charge on any atom is -0.345 e. The summed E-state index contributed by atoms with van der Waals surface area (Å²) in [6.45, 7) is 6.08. The van der Waals surface area contributed by atoms with Crippen molar-refractivity contribution in [3.05, 3.63) is 0 Å². The molecule has 1 N–H and O–H groups in total. The van der Waals surface area contributed by atoms with E-state index in [9.17, 15) is 31.1 Å². The van der Waals surface area contributed by atoms with Gasteiger partial charge in [-0.05, 0) is 13.3 Å². The Hall–Kier alpha value is -0.950. The maximum atomic E-state index is 12.3. The van der Waals surface area contributed by atoms with Crippen molar-refractivity contribution in [2.45, 2.75) is 52.5 Å². The van der Waals surface area contributed by atoms with Gasteiger partial charge in [0.05, 0.1) is 5.92 Å². The van der Waals surface area contributed by atoms with Crippen LogP contribution >= 0.6 is 0 Å². The lowest BCUT2D eigenvalue weighted by molar-refractivity contribution is -0.189. The lowest BCUT2D eigenvalue weighted by Crippen LogP contribution is -2.48. The molecule has 2 nitrogen and oxygen atoms in total. The van der Waals surface area contributed by atoms with Gasteiger partial charge in [0.15, 0.2) is 0 Å². The smallest absolute Gasteiger partial charge is 0.345 e.